The van der Waals surface area contributed by atoms with Gasteiger partial charge in [0.1, 0.15) is 0 Å². The predicted molar refractivity (Wildman–Crippen MR) is 62.2 cm³/mol. The van der Waals surface area contributed by atoms with Crippen LogP contribution in [0.3, 0.4) is 0 Å². The Labute approximate surface area is 98.2 Å². The second-order valence-corrected chi connectivity index (χ2v) is 7.38. The van der Waals surface area contributed by atoms with Crippen LogP contribution in [0.25, 0.3) is 0 Å². The SMILES string of the molecule is Cc1[nH]c(=O)sc1S(=O)(=O)N(C)CC1CC1. The number of rotatable bonds is 4. The third kappa shape index (κ3) is 2.21. The van der Waals surface area contributed by atoms with E-state index in [0.29, 0.717) is 18.2 Å². The van der Waals surface area contributed by atoms with Crippen molar-refractivity contribution < 1.29 is 8.42 Å². The molecule has 0 saturated heterocycles. The van der Waals surface area contributed by atoms with Gasteiger partial charge >= 0.3 is 4.87 Å². The van der Waals surface area contributed by atoms with Crippen LogP contribution in [0.5, 0.6) is 0 Å². The van der Waals surface area contributed by atoms with E-state index in [4.69, 9.17) is 0 Å². The molecule has 0 radical (unpaired) electrons. The third-order valence-corrected chi connectivity index (χ3v) is 6.04. The highest BCUT2D eigenvalue weighted by atomic mass is 32.2. The first-order valence-corrected chi connectivity index (χ1v) is 7.33. The topological polar surface area (TPSA) is 70.2 Å². The van der Waals surface area contributed by atoms with E-state index < -0.39 is 10.0 Å². The van der Waals surface area contributed by atoms with Crippen molar-refractivity contribution in [3.8, 4) is 0 Å². The molecule has 0 aromatic carbocycles. The maximum Gasteiger partial charge on any atom is 0.305 e. The molecule has 1 aliphatic carbocycles. The van der Waals surface area contributed by atoms with Crippen LogP contribution in [-0.2, 0) is 10.0 Å². The second kappa shape index (κ2) is 3.97. The standard InChI is InChI=1S/C9H14N2O3S2/c1-6-8(15-9(12)10-6)16(13,14)11(2)5-7-3-4-7/h7H,3-5H2,1-2H3,(H,10,12). The second-order valence-electron chi connectivity index (χ2n) is 4.16. The zero-order chi connectivity index (χ0) is 11.9. The first-order valence-electron chi connectivity index (χ1n) is 5.07. The molecular weight excluding hydrogens is 248 g/mol. The molecule has 0 amide bonds. The predicted octanol–water partition coefficient (Wildman–Crippen LogP) is 0.775. The summed E-state index contributed by atoms with van der Waals surface area (Å²) in [6, 6.07) is 0. The number of aromatic amines is 1. The van der Waals surface area contributed by atoms with Crippen LogP contribution in [0.2, 0.25) is 0 Å². The van der Waals surface area contributed by atoms with E-state index in [-0.39, 0.29) is 9.08 Å². The van der Waals surface area contributed by atoms with Gasteiger partial charge in [0.05, 0.1) is 0 Å². The molecule has 1 N–H and O–H groups in total. The summed E-state index contributed by atoms with van der Waals surface area (Å²) in [7, 11) is -1.92. The molecule has 90 valence electrons. The van der Waals surface area contributed by atoms with E-state index in [9.17, 15) is 13.2 Å². The quantitative estimate of drug-likeness (QED) is 0.871. The van der Waals surface area contributed by atoms with Gasteiger partial charge in [-0.05, 0) is 25.7 Å². The van der Waals surface area contributed by atoms with Gasteiger partial charge in [-0.2, -0.15) is 4.31 Å². The minimum Gasteiger partial charge on any atom is -0.315 e. The minimum atomic E-state index is -3.48. The summed E-state index contributed by atoms with van der Waals surface area (Å²) in [5.41, 5.74) is 0.428. The van der Waals surface area contributed by atoms with Crippen LogP contribution in [0, 0.1) is 12.8 Å². The largest absolute Gasteiger partial charge is 0.315 e. The van der Waals surface area contributed by atoms with Crippen molar-refractivity contribution in [3.05, 3.63) is 15.4 Å². The average molecular weight is 262 g/mol. The highest BCUT2D eigenvalue weighted by Crippen LogP contribution is 2.31. The van der Waals surface area contributed by atoms with Crippen molar-refractivity contribution in [2.24, 2.45) is 5.92 Å². The summed E-state index contributed by atoms with van der Waals surface area (Å²) in [4.78, 5) is 13.3. The maximum atomic E-state index is 12.1. The van der Waals surface area contributed by atoms with E-state index in [1.807, 2.05) is 0 Å². The van der Waals surface area contributed by atoms with Gasteiger partial charge in [-0.1, -0.05) is 11.3 Å². The Balaban J connectivity index is 2.29. The third-order valence-electron chi connectivity index (χ3n) is 2.64. The fourth-order valence-corrected chi connectivity index (χ4v) is 4.27. The molecule has 2 rings (SSSR count). The maximum absolute atomic E-state index is 12.1. The Kier molecular flexibility index (Phi) is 2.93. The van der Waals surface area contributed by atoms with Gasteiger partial charge in [0.15, 0.2) is 4.21 Å². The number of thiazole rings is 1. The Morgan fingerprint density at radius 2 is 2.12 bits per heavy atom. The van der Waals surface area contributed by atoms with E-state index in [1.165, 1.54) is 4.31 Å². The molecule has 1 aromatic heterocycles. The van der Waals surface area contributed by atoms with E-state index >= 15 is 0 Å². The lowest BCUT2D eigenvalue weighted by Gasteiger charge is -2.15. The zero-order valence-electron chi connectivity index (χ0n) is 9.19. The van der Waals surface area contributed by atoms with Crippen molar-refractivity contribution in [2.75, 3.05) is 13.6 Å². The molecule has 0 unspecified atom stereocenters. The molecule has 7 heteroatoms. The fraction of sp³-hybridized carbons (Fsp3) is 0.667. The van der Waals surface area contributed by atoms with Gasteiger partial charge in [-0.3, -0.25) is 4.79 Å². The number of nitrogens with zero attached hydrogens (tertiary/aromatic N) is 1. The van der Waals surface area contributed by atoms with Crippen molar-refractivity contribution >= 4 is 21.4 Å². The summed E-state index contributed by atoms with van der Waals surface area (Å²) in [5, 5.41) is 0. The van der Waals surface area contributed by atoms with Crippen LogP contribution >= 0.6 is 11.3 Å². The number of H-pyrrole nitrogens is 1. The van der Waals surface area contributed by atoms with Gasteiger partial charge < -0.3 is 4.98 Å². The number of nitrogens with one attached hydrogen (secondary N) is 1. The van der Waals surface area contributed by atoms with Crippen molar-refractivity contribution in [1.29, 1.82) is 0 Å². The van der Waals surface area contributed by atoms with Crippen molar-refractivity contribution in [2.45, 2.75) is 24.0 Å². The lowest BCUT2D eigenvalue weighted by atomic mass is 10.4. The summed E-state index contributed by atoms with van der Waals surface area (Å²) in [6.45, 7) is 2.16. The van der Waals surface area contributed by atoms with Crippen LogP contribution in [-0.4, -0.2) is 31.3 Å². The number of hydrogen-bond acceptors (Lipinski definition) is 4. The Morgan fingerprint density at radius 3 is 2.56 bits per heavy atom. The van der Waals surface area contributed by atoms with Crippen LogP contribution in [0.1, 0.15) is 18.5 Å². The highest BCUT2D eigenvalue weighted by Gasteiger charge is 2.31. The average Bonchev–Trinajstić information content (AvgIpc) is 2.91. The van der Waals surface area contributed by atoms with Gasteiger partial charge in [0.25, 0.3) is 10.0 Å². The lowest BCUT2D eigenvalue weighted by Crippen LogP contribution is -2.28. The molecule has 0 bridgehead atoms. The molecule has 1 aliphatic rings. The smallest absolute Gasteiger partial charge is 0.305 e. The molecule has 5 nitrogen and oxygen atoms in total. The first kappa shape index (κ1) is 11.8. The zero-order valence-corrected chi connectivity index (χ0v) is 10.8. The molecule has 0 aliphatic heterocycles. The monoisotopic (exact) mass is 262 g/mol. The molecule has 16 heavy (non-hydrogen) atoms. The first-order chi connectivity index (χ1) is 7.41. The van der Waals surface area contributed by atoms with Crippen LogP contribution in [0.4, 0.5) is 0 Å². The number of sulfonamides is 1. The van der Waals surface area contributed by atoms with E-state index in [1.54, 1.807) is 14.0 Å². The summed E-state index contributed by atoms with van der Waals surface area (Å²) in [5.74, 6) is 0.496. The Morgan fingerprint density at radius 1 is 1.50 bits per heavy atom. The van der Waals surface area contributed by atoms with Gasteiger partial charge in [-0.15, -0.1) is 0 Å². The molecule has 1 saturated carbocycles. The van der Waals surface area contributed by atoms with E-state index in [0.717, 1.165) is 24.2 Å². The van der Waals surface area contributed by atoms with Crippen LogP contribution in [0.15, 0.2) is 9.00 Å². The molecular formula is C9H14N2O3S2. The Hall–Kier alpha value is -0.660. The van der Waals surface area contributed by atoms with Crippen molar-refractivity contribution in [1.82, 2.24) is 9.29 Å². The summed E-state index contributed by atoms with van der Waals surface area (Å²) >= 11 is 0.756. The minimum absolute atomic E-state index is 0.139. The Bertz CT molecular complexity index is 539. The molecule has 1 fully saturated rings. The van der Waals surface area contributed by atoms with Crippen molar-refractivity contribution in [3.63, 3.8) is 0 Å². The number of hydrogen-bond donors (Lipinski definition) is 1. The number of aromatic nitrogens is 1. The lowest BCUT2D eigenvalue weighted by molar-refractivity contribution is 0.454. The molecule has 1 heterocycles. The van der Waals surface area contributed by atoms with Gasteiger partial charge in [-0.25, -0.2) is 8.42 Å². The molecule has 0 spiro atoms. The molecule has 1 aromatic rings. The number of aryl methyl sites for hydroxylation is 1. The van der Waals surface area contributed by atoms with Gasteiger partial charge in [0.2, 0.25) is 0 Å². The van der Waals surface area contributed by atoms with Crippen LogP contribution < -0.4 is 4.87 Å². The van der Waals surface area contributed by atoms with Gasteiger partial charge in [0, 0.05) is 19.3 Å². The molecule has 0 atom stereocenters. The van der Waals surface area contributed by atoms with E-state index in [2.05, 4.69) is 4.98 Å². The normalized spacial score (nSPS) is 16.9. The highest BCUT2D eigenvalue weighted by molar-refractivity contribution is 7.91. The fourth-order valence-electron chi connectivity index (χ4n) is 1.54. The summed E-state index contributed by atoms with van der Waals surface area (Å²) in [6.07, 6.45) is 2.20. The summed E-state index contributed by atoms with van der Waals surface area (Å²) < 4.78 is 25.7.